The van der Waals surface area contributed by atoms with Crippen molar-refractivity contribution in [2.24, 2.45) is 0 Å². The molecule has 1 aliphatic rings. The quantitative estimate of drug-likeness (QED) is 0.912. The van der Waals surface area contributed by atoms with E-state index in [0.717, 1.165) is 18.7 Å². The minimum atomic E-state index is 0.0330. The van der Waals surface area contributed by atoms with E-state index in [2.05, 4.69) is 18.8 Å². The maximum atomic E-state index is 12.8. The van der Waals surface area contributed by atoms with Crippen molar-refractivity contribution in [3.63, 3.8) is 0 Å². The highest BCUT2D eigenvalue weighted by Gasteiger charge is 2.23. The molecule has 0 amide bonds. The molecule has 0 spiro atoms. The molecular weight excluding hydrogens is 252 g/mol. The van der Waals surface area contributed by atoms with Gasteiger partial charge < -0.3 is 5.11 Å². The number of aromatic hydroxyl groups is 1. The zero-order valence-corrected chi connectivity index (χ0v) is 12.0. The van der Waals surface area contributed by atoms with Crippen LogP contribution in [0.2, 0.25) is 0 Å². The van der Waals surface area contributed by atoms with Crippen molar-refractivity contribution in [2.45, 2.75) is 51.5 Å². The van der Waals surface area contributed by atoms with Gasteiger partial charge in [-0.1, -0.05) is 26.7 Å². The van der Waals surface area contributed by atoms with Crippen LogP contribution in [0.1, 0.15) is 57.3 Å². The molecule has 1 heterocycles. The Bertz CT molecular complexity index is 697. The van der Waals surface area contributed by atoms with E-state index in [1.807, 2.05) is 4.57 Å². The van der Waals surface area contributed by atoms with Gasteiger partial charge in [0.1, 0.15) is 11.6 Å². The third kappa shape index (κ3) is 2.09. The summed E-state index contributed by atoms with van der Waals surface area (Å²) in [6, 6.07) is 5.09. The zero-order valence-electron chi connectivity index (χ0n) is 12.0. The van der Waals surface area contributed by atoms with E-state index < -0.39 is 0 Å². The highest BCUT2D eigenvalue weighted by Crippen LogP contribution is 2.31. The van der Waals surface area contributed by atoms with Crippen LogP contribution >= 0.6 is 0 Å². The summed E-state index contributed by atoms with van der Waals surface area (Å²) in [5.41, 5.74) is 0.624. The lowest BCUT2D eigenvalue weighted by atomic mass is 10.1. The Labute approximate surface area is 118 Å². The summed E-state index contributed by atoms with van der Waals surface area (Å²) in [5, 5.41) is 10.2. The predicted molar refractivity (Wildman–Crippen MR) is 79.3 cm³/mol. The summed E-state index contributed by atoms with van der Waals surface area (Å²) in [5.74, 6) is 1.17. The van der Waals surface area contributed by atoms with Crippen molar-refractivity contribution in [1.82, 2.24) is 9.55 Å². The van der Waals surface area contributed by atoms with Gasteiger partial charge in [0.25, 0.3) is 5.56 Å². The summed E-state index contributed by atoms with van der Waals surface area (Å²) in [7, 11) is 0. The number of benzene rings is 1. The Morgan fingerprint density at radius 1 is 1.30 bits per heavy atom. The van der Waals surface area contributed by atoms with Crippen molar-refractivity contribution in [2.75, 3.05) is 0 Å². The fourth-order valence-corrected chi connectivity index (χ4v) is 3.13. The number of rotatable bonds is 2. The molecule has 2 aromatic rings. The van der Waals surface area contributed by atoms with Crippen molar-refractivity contribution in [3.8, 4) is 5.75 Å². The zero-order chi connectivity index (χ0) is 14.3. The molecular formula is C16H20N2O2. The first-order valence-electron chi connectivity index (χ1n) is 7.33. The van der Waals surface area contributed by atoms with Crippen molar-refractivity contribution < 1.29 is 5.11 Å². The Balaban J connectivity index is 2.30. The second kappa shape index (κ2) is 4.93. The Morgan fingerprint density at radius 3 is 2.65 bits per heavy atom. The van der Waals surface area contributed by atoms with Crippen molar-refractivity contribution in [1.29, 1.82) is 0 Å². The lowest BCUT2D eigenvalue weighted by molar-refractivity contribution is 0.464. The molecule has 0 aliphatic heterocycles. The molecule has 0 bridgehead atoms. The van der Waals surface area contributed by atoms with Gasteiger partial charge in [0.05, 0.1) is 10.9 Å². The van der Waals surface area contributed by atoms with Crippen molar-refractivity contribution in [3.05, 3.63) is 34.4 Å². The van der Waals surface area contributed by atoms with E-state index >= 15 is 0 Å². The normalized spacial score (nSPS) is 16.4. The second-order valence-electron chi connectivity index (χ2n) is 5.94. The van der Waals surface area contributed by atoms with Gasteiger partial charge in [-0.3, -0.25) is 9.36 Å². The molecule has 1 N–H and O–H groups in total. The van der Waals surface area contributed by atoms with E-state index in [1.54, 1.807) is 18.2 Å². The van der Waals surface area contributed by atoms with E-state index in [9.17, 15) is 9.90 Å². The Hall–Kier alpha value is -1.84. The first kappa shape index (κ1) is 13.2. The number of hydrogen-bond donors (Lipinski definition) is 1. The van der Waals surface area contributed by atoms with Crippen LogP contribution in [-0.4, -0.2) is 14.7 Å². The first-order valence-corrected chi connectivity index (χ1v) is 7.33. The molecule has 1 aliphatic carbocycles. The summed E-state index contributed by atoms with van der Waals surface area (Å²) >= 11 is 0. The van der Waals surface area contributed by atoms with Crippen LogP contribution in [0.15, 0.2) is 23.0 Å². The molecule has 0 saturated heterocycles. The van der Waals surface area contributed by atoms with Gasteiger partial charge in [-0.15, -0.1) is 0 Å². The van der Waals surface area contributed by atoms with Gasteiger partial charge in [0.15, 0.2) is 0 Å². The van der Waals surface area contributed by atoms with Gasteiger partial charge in [0, 0.05) is 18.0 Å². The fraction of sp³-hybridized carbons (Fsp3) is 0.500. The number of hydrogen-bond acceptors (Lipinski definition) is 3. The van der Waals surface area contributed by atoms with Crippen LogP contribution in [0.3, 0.4) is 0 Å². The van der Waals surface area contributed by atoms with Gasteiger partial charge in [-0.25, -0.2) is 4.98 Å². The van der Waals surface area contributed by atoms with E-state index in [4.69, 9.17) is 0 Å². The molecule has 1 aromatic carbocycles. The summed E-state index contributed by atoms with van der Waals surface area (Å²) < 4.78 is 1.90. The second-order valence-corrected chi connectivity index (χ2v) is 5.94. The SMILES string of the molecule is CC(C)c1nc2cc(O)ccc2c(=O)n1C1CCCC1. The Kier molecular flexibility index (Phi) is 3.24. The van der Waals surface area contributed by atoms with Crippen LogP contribution in [0, 0.1) is 0 Å². The van der Waals surface area contributed by atoms with Gasteiger partial charge in [-0.05, 0) is 25.0 Å². The molecule has 4 nitrogen and oxygen atoms in total. The molecule has 0 unspecified atom stereocenters. The molecule has 1 fully saturated rings. The van der Waals surface area contributed by atoms with Crippen LogP contribution in [0.25, 0.3) is 10.9 Å². The van der Waals surface area contributed by atoms with Crippen LogP contribution in [0.4, 0.5) is 0 Å². The number of fused-ring (bicyclic) bond motifs is 1. The summed E-state index contributed by atoms with van der Waals surface area (Å²) in [6.07, 6.45) is 4.49. The van der Waals surface area contributed by atoms with Crippen molar-refractivity contribution >= 4 is 10.9 Å². The maximum absolute atomic E-state index is 12.8. The topological polar surface area (TPSA) is 55.1 Å². The largest absolute Gasteiger partial charge is 0.508 e. The molecule has 1 saturated carbocycles. The smallest absolute Gasteiger partial charge is 0.261 e. The Morgan fingerprint density at radius 2 is 2.00 bits per heavy atom. The van der Waals surface area contributed by atoms with Crippen LogP contribution in [0.5, 0.6) is 5.75 Å². The summed E-state index contributed by atoms with van der Waals surface area (Å²) in [6.45, 7) is 4.11. The lowest BCUT2D eigenvalue weighted by Gasteiger charge is -2.21. The fourth-order valence-electron chi connectivity index (χ4n) is 3.13. The minimum absolute atomic E-state index is 0.0330. The maximum Gasteiger partial charge on any atom is 0.261 e. The number of phenols is 1. The van der Waals surface area contributed by atoms with Gasteiger partial charge >= 0.3 is 0 Å². The summed E-state index contributed by atoms with van der Waals surface area (Å²) in [4.78, 5) is 17.4. The molecule has 0 atom stereocenters. The molecule has 1 aromatic heterocycles. The molecule has 0 radical (unpaired) electrons. The number of aromatic nitrogens is 2. The monoisotopic (exact) mass is 272 g/mol. The van der Waals surface area contributed by atoms with Gasteiger partial charge in [-0.2, -0.15) is 0 Å². The average Bonchev–Trinajstić information content (AvgIpc) is 2.91. The van der Waals surface area contributed by atoms with Gasteiger partial charge in [0.2, 0.25) is 0 Å². The molecule has 4 heteroatoms. The van der Waals surface area contributed by atoms with Crippen LogP contribution in [-0.2, 0) is 0 Å². The highest BCUT2D eigenvalue weighted by molar-refractivity contribution is 5.79. The van der Waals surface area contributed by atoms with E-state index in [0.29, 0.717) is 10.9 Å². The van der Waals surface area contributed by atoms with Crippen LogP contribution < -0.4 is 5.56 Å². The number of nitrogens with zero attached hydrogens (tertiary/aromatic N) is 2. The standard InChI is InChI=1S/C16H20N2O2/c1-10(2)15-17-14-9-12(19)7-8-13(14)16(20)18(15)11-5-3-4-6-11/h7-11,19H,3-6H2,1-2H3. The molecule has 20 heavy (non-hydrogen) atoms. The molecule has 3 rings (SSSR count). The highest BCUT2D eigenvalue weighted by atomic mass is 16.3. The minimum Gasteiger partial charge on any atom is -0.508 e. The molecule has 106 valence electrons. The number of phenolic OH excluding ortho intramolecular Hbond substituents is 1. The predicted octanol–water partition coefficient (Wildman–Crippen LogP) is 3.34. The third-order valence-corrected chi connectivity index (χ3v) is 4.12. The lowest BCUT2D eigenvalue weighted by Crippen LogP contribution is -2.28. The average molecular weight is 272 g/mol. The van der Waals surface area contributed by atoms with E-state index in [-0.39, 0.29) is 23.3 Å². The first-order chi connectivity index (χ1) is 9.58. The third-order valence-electron chi connectivity index (χ3n) is 4.12. The van der Waals surface area contributed by atoms with E-state index in [1.165, 1.54) is 12.8 Å².